The molecule has 26 heavy (non-hydrogen) atoms. The highest BCUT2D eigenvalue weighted by atomic mass is 16.2. The molecule has 0 saturated carbocycles. The van der Waals surface area contributed by atoms with Crippen LogP contribution in [0.25, 0.3) is 5.78 Å². The van der Waals surface area contributed by atoms with E-state index in [4.69, 9.17) is 0 Å². The Bertz CT molecular complexity index is 966. The maximum atomic E-state index is 12.7. The van der Waals surface area contributed by atoms with Crippen LogP contribution in [-0.2, 0) is 5.41 Å². The summed E-state index contributed by atoms with van der Waals surface area (Å²) in [5, 5.41) is 2.91. The highest BCUT2D eigenvalue weighted by Crippen LogP contribution is 2.20. The number of H-pyrrole nitrogens is 1. The van der Waals surface area contributed by atoms with Gasteiger partial charge in [-0.2, -0.15) is 4.98 Å². The van der Waals surface area contributed by atoms with E-state index >= 15 is 0 Å². The van der Waals surface area contributed by atoms with E-state index in [2.05, 4.69) is 25.3 Å². The molecule has 0 radical (unpaired) electrons. The average molecular weight is 354 g/mol. The van der Waals surface area contributed by atoms with Gasteiger partial charge in [-0.25, -0.2) is 14.8 Å². The van der Waals surface area contributed by atoms with Gasteiger partial charge < -0.3 is 10.3 Å². The van der Waals surface area contributed by atoms with Gasteiger partial charge in [0.25, 0.3) is 5.91 Å². The third-order valence-corrected chi connectivity index (χ3v) is 4.11. The number of nitrogens with one attached hydrogen (secondary N) is 2. The van der Waals surface area contributed by atoms with Crippen LogP contribution in [0.4, 0.5) is 0 Å². The van der Waals surface area contributed by atoms with Crippen molar-refractivity contribution in [2.24, 2.45) is 0 Å². The Morgan fingerprint density at radius 2 is 2.12 bits per heavy atom. The first-order valence-corrected chi connectivity index (χ1v) is 8.50. The summed E-state index contributed by atoms with van der Waals surface area (Å²) in [5.74, 6) is 0.165. The lowest BCUT2D eigenvalue weighted by Gasteiger charge is -2.19. The van der Waals surface area contributed by atoms with Crippen LogP contribution in [0.2, 0.25) is 0 Å². The van der Waals surface area contributed by atoms with Gasteiger partial charge in [-0.15, -0.1) is 0 Å². The average Bonchev–Trinajstić information content (AvgIpc) is 3.02. The van der Waals surface area contributed by atoms with Gasteiger partial charge in [0.15, 0.2) is 0 Å². The zero-order chi connectivity index (χ0) is 18.9. The second-order valence-electron chi connectivity index (χ2n) is 7.16. The molecule has 0 aromatic carbocycles. The molecule has 0 aliphatic rings. The van der Waals surface area contributed by atoms with E-state index in [1.54, 1.807) is 16.7 Å². The molecule has 0 saturated heterocycles. The van der Waals surface area contributed by atoms with Crippen molar-refractivity contribution < 1.29 is 4.79 Å². The van der Waals surface area contributed by atoms with Gasteiger partial charge in [-0.3, -0.25) is 9.20 Å². The number of nitrogens with zero attached hydrogens (tertiary/aromatic N) is 4. The van der Waals surface area contributed by atoms with Gasteiger partial charge in [-0.1, -0.05) is 27.7 Å². The minimum absolute atomic E-state index is 0.0963. The largest absolute Gasteiger partial charge is 0.345 e. The normalized spacial score (nSPS) is 12.9. The number of amides is 1. The smallest absolute Gasteiger partial charge is 0.342 e. The van der Waals surface area contributed by atoms with E-state index < -0.39 is 11.6 Å². The van der Waals surface area contributed by atoms with Gasteiger partial charge in [0.1, 0.15) is 5.69 Å². The fraction of sp³-hybridized carbons (Fsp3) is 0.389. The first kappa shape index (κ1) is 17.8. The number of imidazole rings is 1. The molecule has 0 spiro atoms. The summed E-state index contributed by atoms with van der Waals surface area (Å²) in [6.07, 6.45) is 5.99. The first-order valence-electron chi connectivity index (χ1n) is 8.50. The van der Waals surface area contributed by atoms with E-state index in [9.17, 15) is 9.59 Å². The molecule has 8 heteroatoms. The third kappa shape index (κ3) is 3.63. The van der Waals surface area contributed by atoms with Gasteiger partial charge in [0, 0.05) is 29.7 Å². The van der Waals surface area contributed by atoms with Crippen LogP contribution in [0.3, 0.4) is 0 Å². The molecule has 0 unspecified atom stereocenters. The quantitative estimate of drug-likeness (QED) is 0.745. The maximum Gasteiger partial charge on any atom is 0.345 e. The van der Waals surface area contributed by atoms with Crippen molar-refractivity contribution in [2.75, 3.05) is 0 Å². The summed E-state index contributed by atoms with van der Waals surface area (Å²) < 4.78 is 1.80. The van der Waals surface area contributed by atoms with E-state index in [0.29, 0.717) is 23.6 Å². The Labute approximate surface area is 150 Å². The van der Waals surface area contributed by atoms with E-state index in [-0.39, 0.29) is 17.2 Å². The zero-order valence-electron chi connectivity index (χ0n) is 15.3. The molecular weight excluding hydrogens is 332 g/mol. The first-order chi connectivity index (χ1) is 12.3. The fourth-order valence-electron chi connectivity index (χ4n) is 2.61. The Kier molecular flexibility index (Phi) is 4.58. The lowest BCUT2D eigenvalue weighted by Crippen LogP contribution is -2.32. The number of rotatable bonds is 4. The SMILES string of the molecule is CC[C@@H](NC(=O)c1cc(C(C)(C)C)[nH]c(=O)n1)c1cn2cccnc2n1. The molecule has 1 atom stereocenters. The topological polar surface area (TPSA) is 105 Å². The summed E-state index contributed by atoms with van der Waals surface area (Å²) in [6, 6.07) is 3.13. The zero-order valence-corrected chi connectivity index (χ0v) is 15.3. The van der Waals surface area contributed by atoms with Crippen LogP contribution < -0.4 is 11.0 Å². The van der Waals surface area contributed by atoms with Crippen molar-refractivity contribution in [3.63, 3.8) is 0 Å². The highest BCUT2D eigenvalue weighted by molar-refractivity contribution is 5.92. The van der Waals surface area contributed by atoms with Crippen molar-refractivity contribution in [3.05, 3.63) is 58.3 Å². The van der Waals surface area contributed by atoms with E-state index in [1.165, 1.54) is 0 Å². The lowest BCUT2D eigenvalue weighted by molar-refractivity contribution is 0.0929. The maximum absolute atomic E-state index is 12.7. The molecule has 3 rings (SSSR count). The number of carbonyl (C=O) groups is 1. The van der Waals surface area contributed by atoms with Gasteiger partial charge in [0.05, 0.1) is 11.7 Å². The molecule has 0 bridgehead atoms. The number of hydrogen-bond acceptors (Lipinski definition) is 5. The van der Waals surface area contributed by atoms with Crippen LogP contribution in [0.5, 0.6) is 0 Å². The molecule has 0 aliphatic carbocycles. The number of fused-ring (bicyclic) bond motifs is 1. The summed E-state index contributed by atoms with van der Waals surface area (Å²) in [6.45, 7) is 7.82. The van der Waals surface area contributed by atoms with Crippen molar-refractivity contribution in [1.82, 2.24) is 29.7 Å². The van der Waals surface area contributed by atoms with Crippen LogP contribution in [0.1, 0.15) is 62.0 Å². The van der Waals surface area contributed by atoms with Crippen LogP contribution in [0.15, 0.2) is 35.5 Å². The number of aromatic amines is 1. The molecule has 136 valence electrons. The van der Waals surface area contributed by atoms with Crippen LogP contribution in [0, 0.1) is 0 Å². The number of hydrogen-bond donors (Lipinski definition) is 2. The second-order valence-corrected chi connectivity index (χ2v) is 7.16. The number of carbonyl (C=O) groups excluding carboxylic acids is 1. The Morgan fingerprint density at radius 3 is 2.77 bits per heavy atom. The highest BCUT2D eigenvalue weighted by Gasteiger charge is 2.21. The minimum atomic E-state index is -0.535. The van der Waals surface area contributed by atoms with Gasteiger partial charge in [0.2, 0.25) is 5.78 Å². The Morgan fingerprint density at radius 1 is 1.35 bits per heavy atom. The molecule has 0 aliphatic heterocycles. The molecule has 3 heterocycles. The van der Waals surface area contributed by atoms with Crippen LogP contribution >= 0.6 is 0 Å². The molecule has 0 fully saturated rings. The van der Waals surface area contributed by atoms with Gasteiger partial charge >= 0.3 is 5.69 Å². The molecular formula is C18H22N6O2. The summed E-state index contributed by atoms with van der Waals surface area (Å²) in [5.41, 5.74) is 0.633. The lowest BCUT2D eigenvalue weighted by atomic mass is 9.91. The summed E-state index contributed by atoms with van der Waals surface area (Å²) in [7, 11) is 0. The van der Waals surface area contributed by atoms with E-state index in [0.717, 1.165) is 0 Å². The Hall–Kier alpha value is -3.03. The summed E-state index contributed by atoms with van der Waals surface area (Å²) in [4.78, 5) is 39.6. The van der Waals surface area contributed by atoms with Crippen LogP contribution in [-0.4, -0.2) is 30.2 Å². The molecule has 8 nitrogen and oxygen atoms in total. The predicted octanol–water partition coefficient (Wildman–Crippen LogP) is 1.99. The van der Waals surface area contributed by atoms with Crippen molar-refractivity contribution in [2.45, 2.75) is 45.6 Å². The molecule has 3 aromatic rings. The van der Waals surface area contributed by atoms with E-state index in [1.807, 2.05) is 46.2 Å². The standard InChI is InChI=1S/C18H22N6O2/c1-5-11(13-10-24-8-6-7-19-16(24)21-13)20-15(25)12-9-14(18(2,3)4)23-17(26)22-12/h6-11H,5H2,1-4H3,(H,20,25)(H,22,23,26)/t11-/m1/s1. The van der Waals surface area contributed by atoms with Crippen molar-refractivity contribution in [3.8, 4) is 0 Å². The fourth-order valence-corrected chi connectivity index (χ4v) is 2.61. The molecule has 1 amide bonds. The van der Waals surface area contributed by atoms with Crippen molar-refractivity contribution >= 4 is 11.7 Å². The second kappa shape index (κ2) is 6.70. The Balaban J connectivity index is 1.88. The monoisotopic (exact) mass is 354 g/mol. The summed E-state index contributed by atoms with van der Waals surface area (Å²) >= 11 is 0. The van der Waals surface area contributed by atoms with Crippen molar-refractivity contribution in [1.29, 1.82) is 0 Å². The van der Waals surface area contributed by atoms with Gasteiger partial charge in [-0.05, 0) is 18.6 Å². The number of aromatic nitrogens is 5. The predicted molar refractivity (Wildman–Crippen MR) is 97.0 cm³/mol. The molecule has 2 N–H and O–H groups in total. The third-order valence-electron chi connectivity index (χ3n) is 4.11. The minimum Gasteiger partial charge on any atom is -0.342 e. The molecule has 3 aromatic heterocycles.